The van der Waals surface area contributed by atoms with Crippen LogP contribution < -0.4 is 10.6 Å². The summed E-state index contributed by atoms with van der Waals surface area (Å²) in [5.74, 6) is 0.171. The number of benzene rings is 1. The van der Waals surface area contributed by atoms with Crippen LogP contribution in [0.2, 0.25) is 0 Å². The van der Waals surface area contributed by atoms with Crippen molar-refractivity contribution in [3.05, 3.63) is 51.7 Å². The highest BCUT2D eigenvalue weighted by molar-refractivity contribution is 7.07. The van der Waals surface area contributed by atoms with E-state index in [4.69, 9.17) is 10.9 Å². The van der Waals surface area contributed by atoms with Gasteiger partial charge in [0, 0.05) is 23.8 Å². The maximum Gasteiger partial charge on any atom is 0.172 e. The molecule has 0 spiro atoms. The normalized spacial score (nSPS) is 15.2. The Kier molecular flexibility index (Phi) is 3.84. The van der Waals surface area contributed by atoms with Crippen molar-refractivity contribution in [3.8, 4) is 0 Å². The van der Waals surface area contributed by atoms with Crippen LogP contribution in [0.4, 0.5) is 5.69 Å². The summed E-state index contributed by atoms with van der Waals surface area (Å²) >= 11 is 1.71. The van der Waals surface area contributed by atoms with Gasteiger partial charge < -0.3 is 15.8 Å². The van der Waals surface area contributed by atoms with Crippen molar-refractivity contribution in [2.45, 2.75) is 32.4 Å². The van der Waals surface area contributed by atoms with E-state index in [2.05, 4.69) is 39.0 Å². The summed E-state index contributed by atoms with van der Waals surface area (Å²) in [6.07, 6.45) is 2.40. The first-order chi connectivity index (χ1) is 10.2. The van der Waals surface area contributed by atoms with E-state index in [0.29, 0.717) is 6.04 Å². The number of oxime groups is 1. The molecule has 0 atom stereocenters. The summed E-state index contributed by atoms with van der Waals surface area (Å²) in [5.41, 5.74) is 10.1. The minimum absolute atomic E-state index is 0.171. The van der Waals surface area contributed by atoms with Crippen LogP contribution in [0.5, 0.6) is 0 Å². The average Bonchev–Trinajstić information content (AvgIpc) is 3.21. The zero-order valence-electron chi connectivity index (χ0n) is 12.0. The Morgan fingerprint density at radius 3 is 2.86 bits per heavy atom. The Morgan fingerprint density at radius 2 is 2.24 bits per heavy atom. The predicted octanol–water partition coefficient (Wildman–Crippen LogP) is 3.32. The highest BCUT2D eigenvalue weighted by Gasteiger charge is 2.31. The molecule has 2 aromatic rings. The number of rotatable bonds is 5. The molecule has 1 fully saturated rings. The van der Waals surface area contributed by atoms with Crippen molar-refractivity contribution in [1.82, 2.24) is 0 Å². The molecule has 1 aliphatic carbocycles. The van der Waals surface area contributed by atoms with Crippen molar-refractivity contribution in [1.29, 1.82) is 0 Å². The second-order valence-corrected chi connectivity index (χ2v) is 6.28. The number of hydrogen-bond donors (Lipinski definition) is 2. The fourth-order valence-electron chi connectivity index (χ4n) is 2.54. The summed E-state index contributed by atoms with van der Waals surface area (Å²) in [5, 5.41) is 16.5. The summed E-state index contributed by atoms with van der Waals surface area (Å²) in [7, 11) is 0. The molecule has 21 heavy (non-hydrogen) atoms. The van der Waals surface area contributed by atoms with Gasteiger partial charge in [0.25, 0.3) is 0 Å². The molecule has 1 saturated carbocycles. The maximum absolute atomic E-state index is 9.04. The molecule has 0 radical (unpaired) electrons. The Morgan fingerprint density at radius 1 is 1.43 bits per heavy atom. The number of aryl methyl sites for hydroxylation is 1. The zero-order valence-corrected chi connectivity index (χ0v) is 12.8. The van der Waals surface area contributed by atoms with E-state index < -0.39 is 0 Å². The largest absolute Gasteiger partial charge is 0.409 e. The fourth-order valence-corrected chi connectivity index (χ4v) is 3.20. The molecule has 0 aliphatic heterocycles. The van der Waals surface area contributed by atoms with E-state index in [9.17, 15) is 0 Å². The number of amidine groups is 1. The summed E-state index contributed by atoms with van der Waals surface area (Å²) in [6.45, 7) is 2.88. The minimum Gasteiger partial charge on any atom is -0.409 e. The van der Waals surface area contributed by atoms with Crippen LogP contribution in [0.3, 0.4) is 0 Å². The smallest absolute Gasteiger partial charge is 0.172 e. The van der Waals surface area contributed by atoms with Gasteiger partial charge in [0.1, 0.15) is 0 Å². The number of thiophene rings is 1. The number of anilines is 1. The molecule has 3 N–H and O–H groups in total. The van der Waals surface area contributed by atoms with Gasteiger partial charge in [-0.2, -0.15) is 11.3 Å². The molecule has 0 unspecified atom stereocenters. The quantitative estimate of drug-likeness (QED) is 0.385. The van der Waals surface area contributed by atoms with Crippen LogP contribution in [0, 0.1) is 6.92 Å². The van der Waals surface area contributed by atoms with Gasteiger partial charge in [-0.05, 0) is 54.3 Å². The molecule has 1 heterocycles. The lowest BCUT2D eigenvalue weighted by Crippen LogP contribution is -2.28. The fraction of sp³-hybridized carbons (Fsp3) is 0.312. The van der Waals surface area contributed by atoms with E-state index in [1.807, 2.05) is 13.0 Å². The van der Waals surface area contributed by atoms with Gasteiger partial charge in [-0.3, -0.25) is 0 Å². The molecule has 1 aromatic carbocycles. The standard InChI is InChI=1S/C16H19N3OS/c1-11-2-5-15(14(8-11)16(17)18-20)19(13-3-4-13)9-12-6-7-21-10-12/h2,5-8,10,13,20H,3-4,9H2,1H3,(H2,17,18). The monoisotopic (exact) mass is 301 g/mol. The van der Waals surface area contributed by atoms with Crippen molar-refractivity contribution in [2.75, 3.05) is 4.90 Å². The highest BCUT2D eigenvalue weighted by Crippen LogP contribution is 2.35. The van der Waals surface area contributed by atoms with E-state index in [-0.39, 0.29) is 5.84 Å². The predicted molar refractivity (Wildman–Crippen MR) is 87.2 cm³/mol. The summed E-state index contributed by atoms with van der Waals surface area (Å²) < 4.78 is 0. The highest BCUT2D eigenvalue weighted by atomic mass is 32.1. The summed E-state index contributed by atoms with van der Waals surface area (Å²) in [4.78, 5) is 2.37. The van der Waals surface area contributed by atoms with Crippen LogP contribution in [0.1, 0.15) is 29.5 Å². The van der Waals surface area contributed by atoms with Crippen LogP contribution >= 0.6 is 11.3 Å². The van der Waals surface area contributed by atoms with Crippen molar-refractivity contribution >= 4 is 22.9 Å². The molecule has 110 valence electrons. The van der Waals surface area contributed by atoms with Crippen molar-refractivity contribution in [3.63, 3.8) is 0 Å². The molecule has 5 heteroatoms. The van der Waals surface area contributed by atoms with Crippen molar-refractivity contribution in [2.24, 2.45) is 10.9 Å². The van der Waals surface area contributed by atoms with E-state index >= 15 is 0 Å². The van der Waals surface area contributed by atoms with E-state index in [1.165, 1.54) is 18.4 Å². The topological polar surface area (TPSA) is 61.8 Å². The Bertz CT molecular complexity index is 648. The Balaban J connectivity index is 1.99. The minimum atomic E-state index is 0.171. The average molecular weight is 301 g/mol. The third-order valence-corrected chi connectivity index (χ3v) is 4.50. The molecule has 0 bridgehead atoms. The Labute approximate surface area is 128 Å². The van der Waals surface area contributed by atoms with E-state index in [1.54, 1.807) is 11.3 Å². The van der Waals surface area contributed by atoms with Gasteiger partial charge in [0.05, 0.1) is 0 Å². The third-order valence-electron chi connectivity index (χ3n) is 3.77. The molecule has 1 aromatic heterocycles. The SMILES string of the molecule is Cc1ccc(N(Cc2ccsc2)C2CC2)c(/C(N)=N/O)c1. The van der Waals surface area contributed by atoms with Crippen LogP contribution in [0.25, 0.3) is 0 Å². The Hall–Kier alpha value is -2.01. The van der Waals surface area contributed by atoms with E-state index in [0.717, 1.165) is 23.4 Å². The number of hydrogen-bond acceptors (Lipinski definition) is 4. The van der Waals surface area contributed by atoms with Gasteiger partial charge in [0.15, 0.2) is 5.84 Å². The van der Waals surface area contributed by atoms with Crippen LogP contribution in [-0.4, -0.2) is 17.1 Å². The maximum atomic E-state index is 9.04. The first kappa shape index (κ1) is 13.9. The molecular formula is C16H19N3OS. The first-order valence-electron chi connectivity index (χ1n) is 7.05. The number of nitrogens with two attached hydrogens (primary N) is 1. The third kappa shape index (κ3) is 3.03. The van der Waals surface area contributed by atoms with Gasteiger partial charge in [0.2, 0.25) is 0 Å². The van der Waals surface area contributed by atoms with Crippen LogP contribution in [0.15, 0.2) is 40.2 Å². The molecule has 0 amide bonds. The second-order valence-electron chi connectivity index (χ2n) is 5.50. The first-order valence-corrected chi connectivity index (χ1v) is 7.99. The van der Waals surface area contributed by atoms with Crippen LogP contribution in [-0.2, 0) is 6.54 Å². The molecule has 4 nitrogen and oxygen atoms in total. The second kappa shape index (κ2) is 5.77. The van der Waals surface area contributed by atoms with Crippen molar-refractivity contribution < 1.29 is 5.21 Å². The molecular weight excluding hydrogens is 282 g/mol. The molecule has 3 rings (SSSR count). The molecule has 0 saturated heterocycles. The zero-order chi connectivity index (χ0) is 14.8. The lowest BCUT2D eigenvalue weighted by molar-refractivity contribution is 0.318. The van der Waals surface area contributed by atoms with Gasteiger partial charge in [-0.25, -0.2) is 0 Å². The summed E-state index contributed by atoms with van der Waals surface area (Å²) in [6, 6.07) is 8.84. The van der Waals surface area contributed by atoms with Gasteiger partial charge >= 0.3 is 0 Å². The number of nitrogens with zero attached hydrogens (tertiary/aromatic N) is 2. The molecule has 1 aliphatic rings. The van der Waals surface area contributed by atoms with Gasteiger partial charge in [-0.15, -0.1) is 0 Å². The van der Waals surface area contributed by atoms with Gasteiger partial charge in [-0.1, -0.05) is 16.8 Å². The lowest BCUT2D eigenvalue weighted by atomic mass is 10.1. The lowest BCUT2D eigenvalue weighted by Gasteiger charge is -2.27.